The van der Waals surface area contributed by atoms with E-state index < -0.39 is 10.8 Å². The summed E-state index contributed by atoms with van der Waals surface area (Å²) in [6.45, 7) is 42.1. The van der Waals surface area contributed by atoms with Crippen LogP contribution in [0.3, 0.4) is 0 Å². The fraction of sp³-hybridized carbons (Fsp3) is 0.250. The van der Waals surface area contributed by atoms with Crippen molar-refractivity contribution >= 4 is 54.9 Å². The molecule has 15 aromatic rings. The maximum absolute atomic E-state index is 6.40. The van der Waals surface area contributed by atoms with Crippen LogP contribution < -0.4 is 0 Å². The summed E-state index contributed by atoms with van der Waals surface area (Å²) in [4.78, 5) is 15.0. The summed E-state index contributed by atoms with van der Waals surface area (Å²) in [6, 6.07) is 95.6. The van der Waals surface area contributed by atoms with E-state index in [4.69, 9.17) is 9.97 Å². The summed E-state index contributed by atoms with van der Waals surface area (Å²) in [6.07, 6.45) is 0. The van der Waals surface area contributed by atoms with Gasteiger partial charge in [0.15, 0.2) is 0 Å². The molecule has 0 unspecified atom stereocenters. The Balaban J connectivity index is 0.953. The maximum Gasteiger partial charge on any atom is 0.109 e. The van der Waals surface area contributed by atoms with E-state index in [9.17, 15) is 0 Å². The third-order valence-electron chi connectivity index (χ3n) is 24.9. The van der Waals surface area contributed by atoms with Crippen LogP contribution in [0.1, 0.15) is 203 Å². The molecule has 0 bridgehead atoms. The standard InChI is InChI=1S/C104H94N2S/c1-97(2,3)63-39-33-59(34-40-63)61-37-47-69-70-48-38-62(60-35-41-64(42-36-60)98(4,5)6)54-80(70)92-91(79(69)53-61)105-93-94(106-92)96(78-28-24-32-84-90(78)76-26-20-22-30-82(76)104(84)87-57-67(101(13,14)15)45-51-73(87)74-52-46-68(58-88(74)104)102(16,17)18)107-95(93)77-27-23-31-83-89(77)75-25-19-21-29-81(75)103(83)85-55-65(99(7,8)9)43-49-71(85)72-50-44-66(56-86(72)103)100(10,11)12/h19-58H,1-18H3. The molecule has 526 valence electrons. The number of hydrogen-bond acceptors (Lipinski definition) is 3. The van der Waals surface area contributed by atoms with E-state index in [-0.39, 0.29) is 32.5 Å². The van der Waals surface area contributed by atoms with Crippen molar-refractivity contribution < 1.29 is 0 Å². The van der Waals surface area contributed by atoms with E-state index >= 15 is 0 Å². The zero-order chi connectivity index (χ0) is 74.3. The van der Waals surface area contributed by atoms with Gasteiger partial charge in [-0.05, 0) is 200 Å². The van der Waals surface area contributed by atoms with Gasteiger partial charge in [-0.2, -0.15) is 0 Å². The summed E-state index contributed by atoms with van der Waals surface area (Å²) >= 11 is 1.89. The number of aromatic nitrogens is 2. The Bertz CT molecular complexity index is 5830. The van der Waals surface area contributed by atoms with Crippen molar-refractivity contribution in [3.8, 4) is 87.6 Å². The van der Waals surface area contributed by atoms with E-state index in [1.54, 1.807) is 0 Å². The topological polar surface area (TPSA) is 25.8 Å². The van der Waals surface area contributed by atoms with E-state index in [0.29, 0.717) is 0 Å². The number of benzene rings is 13. The maximum atomic E-state index is 6.40. The van der Waals surface area contributed by atoms with E-state index in [1.807, 2.05) is 11.3 Å². The number of rotatable bonds is 4. The molecular formula is C104H94N2S. The average Bonchev–Trinajstić information content (AvgIpc) is 1.51. The minimum atomic E-state index is -0.614. The quantitative estimate of drug-likeness (QED) is 0.164. The van der Waals surface area contributed by atoms with Crippen LogP contribution in [0.15, 0.2) is 243 Å². The Morgan fingerprint density at radius 3 is 0.813 bits per heavy atom. The number of thiophene rings is 1. The molecule has 4 aliphatic carbocycles. The Kier molecular flexibility index (Phi) is 14.2. The summed E-state index contributed by atoms with van der Waals surface area (Å²) in [5.41, 5.74) is 38.0. The second kappa shape index (κ2) is 22.6. The normalized spacial score (nSPS) is 14.6. The zero-order valence-corrected chi connectivity index (χ0v) is 66.2. The Morgan fingerprint density at radius 1 is 0.215 bits per heavy atom. The van der Waals surface area contributed by atoms with Crippen LogP contribution >= 0.6 is 11.3 Å². The van der Waals surface area contributed by atoms with E-state index in [0.717, 1.165) is 64.5 Å². The molecule has 2 aromatic heterocycles. The average molecular weight is 1400 g/mol. The molecule has 0 saturated heterocycles. The molecule has 13 aromatic carbocycles. The van der Waals surface area contributed by atoms with E-state index in [2.05, 4.69) is 367 Å². The fourth-order valence-electron chi connectivity index (χ4n) is 19.0. The molecule has 0 aliphatic heterocycles. The third-order valence-corrected chi connectivity index (χ3v) is 26.1. The minimum Gasteiger partial charge on any atom is -0.242 e. The highest BCUT2D eigenvalue weighted by Crippen LogP contribution is 2.68. The highest BCUT2D eigenvalue weighted by atomic mass is 32.1. The van der Waals surface area contributed by atoms with Gasteiger partial charge in [-0.1, -0.05) is 355 Å². The number of nitrogens with zero attached hydrogens (tertiary/aromatic N) is 2. The van der Waals surface area contributed by atoms with Gasteiger partial charge in [0, 0.05) is 21.9 Å². The van der Waals surface area contributed by atoms with Crippen molar-refractivity contribution in [1.29, 1.82) is 0 Å². The molecule has 0 amide bonds. The molecule has 107 heavy (non-hydrogen) atoms. The van der Waals surface area contributed by atoms with Crippen molar-refractivity contribution in [3.63, 3.8) is 0 Å². The molecule has 0 fully saturated rings. The molecule has 0 radical (unpaired) electrons. The van der Waals surface area contributed by atoms with Crippen LogP contribution in [0.2, 0.25) is 0 Å². The second-order valence-electron chi connectivity index (χ2n) is 37.6. The summed E-state index contributed by atoms with van der Waals surface area (Å²) in [7, 11) is 0. The van der Waals surface area contributed by atoms with Crippen LogP contribution in [-0.4, -0.2) is 9.97 Å². The summed E-state index contributed by atoms with van der Waals surface area (Å²) in [5.74, 6) is 0. The van der Waals surface area contributed by atoms with Gasteiger partial charge < -0.3 is 0 Å². The van der Waals surface area contributed by atoms with Gasteiger partial charge in [-0.25, -0.2) is 9.97 Å². The first-order valence-corrected chi connectivity index (χ1v) is 39.6. The summed E-state index contributed by atoms with van der Waals surface area (Å²) in [5, 5.41) is 4.49. The number of fused-ring (bicyclic) bond motifs is 27. The van der Waals surface area contributed by atoms with Crippen molar-refractivity contribution in [3.05, 3.63) is 321 Å². The van der Waals surface area contributed by atoms with Gasteiger partial charge in [0.1, 0.15) is 11.0 Å². The van der Waals surface area contributed by atoms with E-state index in [1.165, 1.54) is 145 Å². The predicted octanol–water partition coefficient (Wildman–Crippen LogP) is 28.3. The minimum absolute atomic E-state index is 0.0199. The molecule has 0 saturated carbocycles. The van der Waals surface area contributed by atoms with Crippen molar-refractivity contribution in [1.82, 2.24) is 9.97 Å². The van der Waals surface area contributed by atoms with Gasteiger partial charge in [0.2, 0.25) is 0 Å². The first-order chi connectivity index (χ1) is 50.8. The monoisotopic (exact) mass is 1400 g/mol. The Hall–Kier alpha value is -10.3. The lowest BCUT2D eigenvalue weighted by Gasteiger charge is -2.33. The van der Waals surface area contributed by atoms with Gasteiger partial charge in [-0.15, -0.1) is 11.3 Å². The van der Waals surface area contributed by atoms with Crippen LogP contribution in [0.5, 0.6) is 0 Å². The molecule has 19 rings (SSSR count). The second-order valence-corrected chi connectivity index (χ2v) is 38.7. The molecule has 4 aliphatic rings. The van der Waals surface area contributed by atoms with Gasteiger partial charge in [0.05, 0.1) is 31.6 Å². The molecule has 2 heterocycles. The lowest BCUT2D eigenvalue weighted by molar-refractivity contribution is 0.586. The molecule has 2 spiro atoms. The van der Waals surface area contributed by atoms with Crippen LogP contribution in [0.4, 0.5) is 0 Å². The lowest BCUT2D eigenvalue weighted by atomic mass is 9.68. The molecule has 0 N–H and O–H groups in total. The zero-order valence-electron chi connectivity index (χ0n) is 65.4. The first kappa shape index (κ1) is 67.3. The highest BCUT2D eigenvalue weighted by Gasteiger charge is 2.55. The van der Waals surface area contributed by atoms with Crippen molar-refractivity contribution in [2.75, 3.05) is 0 Å². The third kappa shape index (κ3) is 9.74. The largest absolute Gasteiger partial charge is 0.242 e. The van der Waals surface area contributed by atoms with Gasteiger partial charge >= 0.3 is 0 Å². The molecule has 0 atom stereocenters. The predicted molar refractivity (Wildman–Crippen MR) is 456 cm³/mol. The van der Waals surface area contributed by atoms with Crippen LogP contribution in [0.25, 0.3) is 131 Å². The van der Waals surface area contributed by atoms with Gasteiger partial charge in [0.25, 0.3) is 0 Å². The first-order valence-electron chi connectivity index (χ1n) is 38.8. The molecule has 3 heteroatoms. The lowest BCUT2D eigenvalue weighted by Crippen LogP contribution is -2.27. The SMILES string of the molecule is CC(C)(C)c1ccc(-c2ccc3c4ccc(-c5ccc(C(C)(C)C)cc5)cc4c4nc5c(-c6cccc7c6-c6ccccc6C76c7cc(C(C)(C)C)ccc7-c7ccc(C(C)(C)C)cc76)sc(-c6cccc7c6-c6ccccc6C76c7cc(C(C)(C)C)ccc7-c7ccc(C(C)(C)C)cc76)c5nc4c3c2)cc1. The summed E-state index contributed by atoms with van der Waals surface area (Å²) < 4.78 is 0. The molecular weight excluding hydrogens is 1310 g/mol. The van der Waals surface area contributed by atoms with Gasteiger partial charge in [-0.3, -0.25) is 0 Å². The van der Waals surface area contributed by atoms with Crippen LogP contribution in [0, 0.1) is 0 Å². The Morgan fingerprint density at radius 2 is 0.495 bits per heavy atom. The smallest absolute Gasteiger partial charge is 0.109 e. The highest BCUT2D eigenvalue weighted by molar-refractivity contribution is 7.21. The van der Waals surface area contributed by atoms with Crippen molar-refractivity contribution in [2.24, 2.45) is 0 Å². The fourth-order valence-corrected chi connectivity index (χ4v) is 20.3. The Labute approximate surface area is 636 Å². The van der Waals surface area contributed by atoms with Crippen molar-refractivity contribution in [2.45, 2.75) is 168 Å². The van der Waals surface area contributed by atoms with Crippen LogP contribution in [-0.2, 0) is 43.3 Å². The number of hydrogen-bond donors (Lipinski definition) is 0. The molecule has 2 nitrogen and oxygen atoms in total.